The average Bonchev–Trinajstić information content (AvgIpc) is 2.47. The molecule has 2 aromatic rings. The van der Waals surface area contributed by atoms with Crippen LogP contribution >= 0.6 is 0 Å². The molecular weight excluding hydrogens is 254 g/mol. The number of rotatable bonds is 2. The van der Waals surface area contributed by atoms with Crippen LogP contribution in [-0.4, -0.2) is 17.9 Å². The van der Waals surface area contributed by atoms with E-state index < -0.39 is 0 Å². The van der Waals surface area contributed by atoms with Crippen molar-refractivity contribution in [2.45, 2.75) is 19.4 Å². The van der Waals surface area contributed by atoms with Crippen molar-refractivity contribution in [3.8, 4) is 11.5 Å². The van der Waals surface area contributed by atoms with Gasteiger partial charge in [-0.1, -0.05) is 6.07 Å². The Morgan fingerprint density at radius 1 is 1.30 bits per heavy atom. The molecule has 2 heterocycles. The number of aryl methyl sites for hydroxylation is 1. The first-order chi connectivity index (χ1) is 9.67. The number of ether oxygens (including phenoxy) is 2. The van der Waals surface area contributed by atoms with Gasteiger partial charge >= 0.3 is 0 Å². The summed E-state index contributed by atoms with van der Waals surface area (Å²) in [4.78, 5) is 16.5. The molecule has 1 aromatic heterocycles. The van der Waals surface area contributed by atoms with Crippen molar-refractivity contribution in [1.82, 2.24) is 4.98 Å². The lowest BCUT2D eigenvalue weighted by Gasteiger charge is -2.25. The summed E-state index contributed by atoms with van der Waals surface area (Å²) in [5.74, 6) is 1.33. The number of hydrogen-bond acceptors (Lipinski definition) is 4. The normalized spacial score (nSPS) is 17.3. The Morgan fingerprint density at radius 3 is 2.85 bits per heavy atom. The molecule has 1 unspecified atom stereocenters. The third-order valence-electron chi connectivity index (χ3n) is 3.43. The second kappa shape index (κ2) is 4.96. The van der Waals surface area contributed by atoms with Crippen LogP contribution in [0.25, 0.3) is 0 Å². The molecule has 0 aliphatic carbocycles. The molecule has 4 nitrogen and oxygen atoms in total. The van der Waals surface area contributed by atoms with Crippen LogP contribution in [0.15, 0.2) is 36.5 Å². The summed E-state index contributed by atoms with van der Waals surface area (Å²) in [6.07, 6.45) is 1.82. The van der Waals surface area contributed by atoms with E-state index in [1.54, 1.807) is 31.5 Å². The van der Waals surface area contributed by atoms with Crippen LogP contribution in [0.5, 0.6) is 11.5 Å². The van der Waals surface area contributed by atoms with Gasteiger partial charge < -0.3 is 9.47 Å². The molecule has 0 saturated heterocycles. The first kappa shape index (κ1) is 12.7. The van der Waals surface area contributed by atoms with Gasteiger partial charge in [0.05, 0.1) is 19.1 Å². The fourth-order valence-electron chi connectivity index (χ4n) is 2.29. The summed E-state index contributed by atoms with van der Waals surface area (Å²) in [7, 11) is 1.58. The van der Waals surface area contributed by atoms with Gasteiger partial charge in [0.2, 0.25) is 0 Å². The number of carbonyl (C=O) groups is 1. The molecule has 0 bridgehead atoms. The van der Waals surface area contributed by atoms with Crippen LogP contribution in [0.2, 0.25) is 0 Å². The summed E-state index contributed by atoms with van der Waals surface area (Å²) in [6, 6.07) is 9.17. The first-order valence-electron chi connectivity index (χ1n) is 6.48. The Morgan fingerprint density at radius 2 is 2.15 bits per heavy atom. The molecule has 1 aliphatic rings. The highest BCUT2D eigenvalue weighted by atomic mass is 16.5. The monoisotopic (exact) mass is 269 g/mol. The summed E-state index contributed by atoms with van der Waals surface area (Å²) < 4.78 is 11.0. The van der Waals surface area contributed by atoms with Crippen molar-refractivity contribution in [3.05, 3.63) is 53.3 Å². The Bertz CT molecular complexity index is 649. The molecule has 3 rings (SSSR count). The number of ketones is 1. The van der Waals surface area contributed by atoms with E-state index in [1.807, 2.05) is 19.1 Å². The lowest BCUT2D eigenvalue weighted by atomic mass is 9.97. The van der Waals surface area contributed by atoms with Gasteiger partial charge in [-0.2, -0.15) is 0 Å². The number of fused-ring (bicyclic) bond motifs is 1. The van der Waals surface area contributed by atoms with Crippen LogP contribution in [-0.2, 0) is 0 Å². The number of Topliss-reactive ketones (excluding diaryl/α,β-unsaturated/α-hetero) is 1. The van der Waals surface area contributed by atoms with Gasteiger partial charge in [0.1, 0.15) is 17.6 Å². The smallest absolute Gasteiger partial charge is 0.170 e. The van der Waals surface area contributed by atoms with Crippen molar-refractivity contribution in [2.24, 2.45) is 0 Å². The molecule has 0 N–H and O–H groups in total. The molecule has 1 atom stereocenters. The maximum absolute atomic E-state index is 12.2. The van der Waals surface area contributed by atoms with Crippen LogP contribution in [0.4, 0.5) is 0 Å². The van der Waals surface area contributed by atoms with Crippen LogP contribution in [0.1, 0.15) is 34.1 Å². The SMILES string of the molecule is COc1ccc2c(c1)C(=O)CC(c1ccc(C)nc1)O2. The zero-order valence-electron chi connectivity index (χ0n) is 11.4. The van der Waals surface area contributed by atoms with Crippen LogP contribution < -0.4 is 9.47 Å². The van der Waals surface area contributed by atoms with E-state index in [0.29, 0.717) is 23.5 Å². The van der Waals surface area contributed by atoms with E-state index in [-0.39, 0.29) is 11.9 Å². The van der Waals surface area contributed by atoms with Gasteiger partial charge in [0, 0.05) is 17.5 Å². The minimum atomic E-state index is -0.267. The third kappa shape index (κ3) is 2.25. The van der Waals surface area contributed by atoms with E-state index in [0.717, 1.165) is 11.3 Å². The highest BCUT2D eigenvalue weighted by Crippen LogP contribution is 2.36. The second-order valence-corrected chi connectivity index (χ2v) is 4.83. The Labute approximate surface area is 117 Å². The highest BCUT2D eigenvalue weighted by molar-refractivity contribution is 6.00. The van der Waals surface area contributed by atoms with Crippen LogP contribution in [0.3, 0.4) is 0 Å². The fraction of sp³-hybridized carbons (Fsp3) is 0.250. The molecule has 0 saturated carbocycles. The lowest BCUT2D eigenvalue weighted by molar-refractivity contribution is 0.0849. The van der Waals surface area contributed by atoms with Gasteiger partial charge in [-0.3, -0.25) is 9.78 Å². The molecule has 0 spiro atoms. The summed E-state index contributed by atoms with van der Waals surface area (Å²) in [6.45, 7) is 1.93. The molecule has 1 aromatic carbocycles. The molecule has 0 fully saturated rings. The third-order valence-corrected chi connectivity index (χ3v) is 3.43. The van der Waals surface area contributed by atoms with Crippen LogP contribution in [0, 0.1) is 6.92 Å². The molecule has 0 amide bonds. The molecule has 4 heteroatoms. The predicted octanol–water partition coefficient (Wildman–Crippen LogP) is 3.11. The Balaban J connectivity index is 1.92. The maximum atomic E-state index is 12.2. The van der Waals surface area contributed by atoms with Crippen molar-refractivity contribution in [2.75, 3.05) is 7.11 Å². The number of aromatic nitrogens is 1. The van der Waals surface area contributed by atoms with Gasteiger partial charge in [0.25, 0.3) is 0 Å². The fourth-order valence-corrected chi connectivity index (χ4v) is 2.29. The van der Waals surface area contributed by atoms with E-state index >= 15 is 0 Å². The summed E-state index contributed by atoms with van der Waals surface area (Å²) >= 11 is 0. The molecule has 20 heavy (non-hydrogen) atoms. The quantitative estimate of drug-likeness (QED) is 0.840. The maximum Gasteiger partial charge on any atom is 0.170 e. The number of methoxy groups -OCH3 is 1. The largest absolute Gasteiger partial charge is 0.497 e. The zero-order chi connectivity index (χ0) is 14.1. The molecule has 102 valence electrons. The second-order valence-electron chi connectivity index (χ2n) is 4.83. The highest BCUT2D eigenvalue weighted by Gasteiger charge is 2.28. The predicted molar refractivity (Wildman–Crippen MR) is 74.3 cm³/mol. The topological polar surface area (TPSA) is 48.4 Å². The lowest BCUT2D eigenvalue weighted by Crippen LogP contribution is -2.20. The van der Waals surface area contributed by atoms with E-state index in [9.17, 15) is 4.79 Å². The number of hydrogen-bond donors (Lipinski definition) is 0. The standard InChI is InChI=1S/C16H15NO3/c1-10-3-4-11(9-17-10)16-8-14(18)13-7-12(19-2)5-6-15(13)20-16/h3-7,9,16H,8H2,1-2H3. The minimum Gasteiger partial charge on any atom is -0.497 e. The minimum absolute atomic E-state index is 0.0655. The van der Waals surface area contributed by atoms with Gasteiger partial charge in [0.15, 0.2) is 5.78 Å². The van der Waals surface area contributed by atoms with Crippen molar-refractivity contribution >= 4 is 5.78 Å². The molecule has 1 aliphatic heterocycles. The number of nitrogens with zero attached hydrogens (tertiary/aromatic N) is 1. The zero-order valence-corrected chi connectivity index (χ0v) is 11.4. The van der Waals surface area contributed by atoms with Crippen molar-refractivity contribution in [3.63, 3.8) is 0 Å². The van der Waals surface area contributed by atoms with Gasteiger partial charge in [-0.05, 0) is 31.2 Å². The molecule has 0 radical (unpaired) electrons. The number of carbonyl (C=O) groups excluding carboxylic acids is 1. The Hall–Kier alpha value is -2.36. The number of pyridine rings is 1. The average molecular weight is 269 g/mol. The molecular formula is C16H15NO3. The Kier molecular flexibility index (Phi) is 3.14. The number of benzene rings is 1. The van der Waals surface area contributed by atoms with E-state index in [1.165, 1.54) is 0 Å². The summed E-state index contributed by atoms with van der Waals surface area (Å²) in [5, 5.41) is 0. The van der Waals surface area contributed by atoms with Gasteiger partial charge in [-0.25, -0.2) is 0 Å². The summed E-state index contributed by atoms with van der Waals surface area (Å²) in [5.41, 5.74) is 2.45. The van der Waals surface area contributed by atoms with E-state index in [2.05, 4.69) is 4.98 Å². The van der Waals surface area contributed by atoms with E-state index in [4.69, 9.17) is 9.47 Å². The van der Waals surface area contributed by atoms with Gasteiger partial charge in [-0.15, -0.1) is 0 Å². The first-order valence-corrected chi connectivity index (χ1v) is 6.48. The van der Waals surface area contributed by atoms with Crippen molar-refractivity contribution < 1.29 is 14.3 Å². The van der Waals surface area contributed by atoms with Crippen molar-refractivity contribution in [1.29, 1.82) is 0 Å².